The maximum absolute atomic E-state index is 10.7. The normalized spacial score (nSPS) is 12.4. The van der Waals surface area contributed by atoms with Crippen molar-refractivity contribution in [1.82, 2.24) is 5.32 Å². The summed E-state index contributed by atoms with van der Waals surface area (Å²) in [6.45, 7) is 5.84. The lowest BCUT2D eigenvalue weighted by atomic mass is 10.1. The summed E-state index contributed by atoms with van der Waals surface area (Å²) in [5.41, 5.74) is 0.846. The topological polar surface area (TPSA) is 55.2 Å². The highest BCUT2D eigenvalue weighted by Gasteiger charge is 2.12. The molecule has 0 aliphatic rings. The Bertz CT molecular complexity index is 396. The molecule has 17 heavy (non-hydrogen) atoms. The molecule has 0 bridgehead atoms. The van der Waals surface area contributed by atoms with Crippen LogP contribution in [-0.2, 0) is 6.54 Å². The number of hydrogen-bond donors (Lipinski definition) is 1. The maximum Gasteiger partial charge on any atom is 0.288 e. The molecule has 0 radical (unpaired) electrons. The molecule has 0 spiro atoms. The third-order valence-electron chi connectivity index (χ3n) is 2.73. The molecule has 1 rings (SSSR count). The SMILES string of the molecule is CCC(C)CNCc1ccc(Cl)c([N+](=O)[O-])c1. The van der Waals surface area contributed by atoms with Gasteiger partial charge in [0.25, 0.3) is 5.69 Å². The van der Waals surface area contributed by atoms with E-state index < -0.39 is 4.92 Å². The van der Waals surface area contributed by atoms with Crippen LogP contribution in [0.25, 0.3) is 0 Å². The number of hydrogen-bond acceptors (Lipinski definition) is 3. The Hall–Kier alpha value is -1.13. The van der Waals surface area contributed by atoms with Gasteiger partial charge in [0.15, 0.2) is 0 Å². The van der Waals surface area contributed by atoms with Crippen LogP contribution in [0.5, 0.6) is 0 Å². The number of nitrogens with zero attached hydrogens (tertiary/aromatic N) is 1. The fourth-order valence-corrected chi connectivity index (χ4v) is 1.60. The lowest BCUT2D eigenvalue weighted by Crippen LogP contribution is -2.20. The lowest BCUT2D eigenvalue weighted by molar-refractivity contribution is -0.384. The molecule has 5 heteroatoms. The van der Waals surface area contributed by atoms with Gasteiger partial charge < -0.3 is 5.32 Å². The molecule has 0 aliphatic heterocycles. The predicted molar refractivity (Wildman–Crippen MR) is 69.3 cm³/mol. The van der Waals surface area contributed by atoms with Crippen molar-refractivity contribution in [3.05, 3.63) is 38.9 Å². The van der Waals surface area contributed by atoms with E-state index in [1.165, 1.54) is 6.07 Å². The highest BCUT2D eigenvalue weighted by atomic mass is 35.5. The third kappa shape index (κ3) is 4.32. The molecule has 0 aliphatic carbocycles. The average Bonchev–Trinajstić information content (AvgIpc) is 2.30. The number of nitrogens with one attached hydrogen (secondary N) is 1. The zero-order valence-electron chi connectivity index (χ0n) is 10.1. The van der Waals surface area contributed by atoms with Crippen molar-refractivity contribution >= 4 is 17.3 Å². The van der Waals surface area contributed by atoms with E-state index in [0.717, 1.165) is 18.5 Å². The second-order valence-electron chi connectivity index (χ2n) is 4.19. The van der Waals surface area contributed by atoms with Crippen molar-refractivity contribution < 1.29 is 4.92 Å². The summed E-state index contributed by atoms with van der Waals surface area (Å²) in [7, 11) is 0. The molecule has 0 aromatic heterocycles. The molecule has 1 aromatic carbocycles. The quantitative estimate of drug-likeness (QED) is 0.627. The summed E-state index contributed by atoms with van der Waals surface area (Å²) in [6, 6.07) is 4.89. The summed E-state index contributed by atoms with van der Waals surface area (Å²) >= 11 is 5.74. The van der Waals surface area contributed by atoms with Crippen molar-refractivity contribution in [2.45, 2.75) is 26.8 Å². The van der Waals surface area contributed by atoms with E-state index in [2.05, 4.69) is 19.2 Å². The summed E-state index contributed by atoms with van der Waals surface area (Å²) in [6.07, 6.45) is 1.12. The van der Waals surface area contributed by atoms with E-state index >= 15 is 0 Å². The van der Waals surface area contributed by atoms with Crippen LogP contribution >= 0.6 is 11.6 Å². The third-order valence-corrected chi connectivity index (χ3v) is 3.05. The maximum atomic E-state index is 10.7. The fourth-order valence-electron chi connectivity index (χ4n) is 1.42. The Balaban J connectivity index is 2.60. The number of benzene rings is 1. The van der Waals surface area contributed by atoms with Gasteiger partial charge in [0.05, 0.1) is 4.92 Å². The largest absolute Gasteiger partial charge is 0.312 e. The molecular weight excluding hydrogens is 240 g/mol. The van der Waals surface area contributed by atoms with E-state index in [1.807, 2.05) is 0 Å². The Morgan fingerprint density at radius 2 is 2.24 bits per heavy atom. The highest BCUT2D eigenvalue weighted by Crippen LogP contribution is 2.24. The highest BCUT2D eigenvalue weighted by molar-refractivity contribution is 6.32. The van der Waals surface area contributed by atoms with Crippen LogP contribution in [0.15, 0.2) is 18.2 Å². The van der Waals surface area contributed by atoms with Crippen LogP contribution in [0.4, 0.5) is 5.69 Å². The van der Waals surface area contributed by atoms with Crippen molar-refractivity contribution in [1.29, 1.82) is 0 Å². The van der Waals surface area contributed by atoms with Gasteiger partial charge in [-0.15, -0.1) is 0 Å². The van der Waals surface area contributed by atoms with E-state index in [9.17, 15) is 10.1 Å². The molecule has 1 aromatic rings. The standard InChI is InChI=1S/C12H17ClN2O2/c1-3-9(2)7-14-8-10-4-5-11(13)12(6-10)15(16)17/h4-6,9,14H,3,7-8H2,1-2H3. The minimum absolute atomic E-state index is 0.0329. The molecule has 1 atom stereocenters. The Labute approximate surface area is 106 Å². The van der Waals surface area contributed by atoms with Crippen LogP contribution in [0, 0.1) is 16.0 Å². The first-order chi connectivity index (χ1) is 8.04. The first kappa shape index (κ1) is 13.9. The smallest absolute Gasteiger partial charge is 0.288 e. The van der Waals surface area contributed by atoms with E-state index in [1.54, 1.807) is 12.1 Å². The van der Waals surface area contributed by atoms with Gasteiger partial charge in [-0.25, -0.2) is 0 Å². The minimum Gasteiger partial charge on any atom is -0.312 e. The van der Waals surface area contributed by atoms with Gasteiger partial charge in [0.2, 0.25) is 0 Å². The molecule has 0 saturated heterocycles. The number of nitro groups is 1. The van der Waals surface area contributed by atoms with Gasteiger partial charge in [-0.05, 0) is 24.1 Å². The Kier molecular flexibility index (Phi) is 5.38. The van der Waals surface area contributed by atoms with Crippen LogP contribution in [0.1, 0.15) is 25.8 Å². The van der Waals surface area contributed by atoms with Gasteiger partial charge in [-0.3, -0.25) is 10.1 Å². The molecule has 4 nitrogen and oxygen atoms in total. The van der Waals surface area contributed by atoms with Gasteiger partial charge in [0, 0.05) is 12.6 Å². The molecular formula is C12H17ClN2O2. The molecule has 94 valence electrons. The number of rotatable bonds is 6. The van der Waals surface area contributed by atoms with Gasteiger partial charge in [-0.2, -0.15) is 0 Å². The Morgan fingerprint density at radius 3 is 2.82 bits per heavy atom. The molecule has 0 fully saturated rings. The van der Waals surface area contributed by atoms with Crippen LogP contribution < -0.4 is 5.32 Å². The predicted octanol–water partition coefficient (Wildman–Crippen LogP) is 3.38. The second-order valence-corrected chi connectivity index (χ2v) is 4.59. The molecule has 1 unspecified atom stereocenters. The fraction of sp³-hybridized carbons (Fsp3) is 0.500. The molecule has 0 amide bonds. The summed E-state index contributed by atoms with van der Waals surface area (Å²) < 4.78 is 0. The Morgan fingerprint density at radius 1 is 1.53 bits per heavy atom. The van der Waals surface area contributed by atoms with Crippen molar-refractivity contribution in [2.24, 2.45) is 5.92 Å². The van der Waals surface area contributed by atoms with Crippen LogP contribution in [-0.4, -0.2) is 11.5 Å². The van der Waals surface area contributed by atoms with Crippen LogP contribution in [0.3, 0.4) is 0 Å². The molecule has 0 heterocycles. The minimum atomic E-state index is -0.458. The van der Waals surface area contributed by atoms with E-state index in [4.69, 9.17) is 11.6 Å². The number of halogens is 1. The van der Waals surface area contributed by atoms with E-state index in [0.29, 0.717) is 12.5 Å². The zero-order chi connectivity index (χ0) is 12.8. The second kappa shape index (κ2) is 6.57. The summed E-state index contributed by atoms with van der Waals surface area (Å²) in [4.78, 5) is 10.2. The van der Waals surface area contributed by atoms with E-state index in [-0.39, 0.29) is 10.7 Å². The zero-order valence-corrected chi connectivity index (χ0v) is 10.8. The summed E-state index contributed by atoms with van der Waals surface area (Å²) in [5.74, 6) is 0.609. The average molecular weight is 257 g/mol. The van der Waals surface area contributed by atoms with Crippen LogP contribution in [0.2, 0.25) is 5.02 Å². The first-order valence-corrected chi connectivity index (χ1v) is 6.06. The monoisotopic (exact) mass is 256 g/mol. The summed E-state index contributed by atoms with van der Waals surface area (Å²) in [5, 5.41) is 14.2. The lowest BCUT2D eigenvalue weighted by Gasteiger charge is -2.10. The van der Waals surface area contributed by atoms with Crippen molar-refractivity contribution in [3.8, 4) is 0 Å². The van der Waals surface area contributed by atoms with Gasteiger partial charge >= 0.3 is 0 Å². The molecule has 0 saturated carbocycles. The van der Waals surface area contributed by atoms with Crippen molar-refractivity contribution in [3.63, 3.8) is 0 Å². The molecule has 1 N–H and O–H groups in total. The van der Waals surface area contributed by atoms with Gasteiger partial charge in [-0.1, -0.05) is 37.9 Å². The van der Waals surface area contributed by atoms with Gasteiger partial charge in [0.1, 0.15) is 5.02 Å². The first-order valence-electron chi connectivity index (χ1n) is 5.68. The number of nitro benzene ring substituents is 1. The van der Waals surface area contributed by atoms with Crippen molar-refractivity contribution in [2.75, 3.05) is 6.54 Å².